The molecule has 3 heteroatoms. The van der Waals surface area contributed by atoms with Gasteiger partial charge in [0.25, 0.3) is 5.56 Å². The molecular formula is C17H16N2O. The van der Waals surface area contributed by atoms with Crippen molar-refractivity contribution < 1.29 is 0 Å². The van der Waals surface area contributed by atoms with Gasteiger partial charge in [0.1, 0.15) is 0 Å². The third-order valence-electron chi connectivity index (χ3n) is 3.54. The molecule has 0 aliphatic carbocycles. The molecule has 0 atom stereocenters. The number of aryl methyl sites for hydroxylation is 2. The summed E-state index contributed by atoms with van der Waals surface area (Å²) in [6.07, 6.45) is 1.87. The molecule has 0 fully saturated rings. The van der Waals surface area contributed by atoms with Crippen LogP contribution >= 0.6 is 0 Å². The van der Waals surface area contributed by atoms with E-state index >= 15 is 0 Å². The summed E-state index contributed by atoms with van der Waals surface area (Å²) in [6.45, 7) is 4.04. The quantitative estimate of drug-likeness (QED) is 0.756. The van der Waals surface area contributed by atoms with Crippen LogP contribution in [0.25, 0.3) is 16.8 Å². The van der Waals surface area contributed by atoms with Crippen LogP contribution in [0.15, 0.2) is 59.5 Å². The fraction of sp³-hybridized carbons (Fsp3) is 0.118. The number of hydrogen-bond acceptors (Lipinski definition) is 1. The summed E-state index contributed by atoms with van der Waals surface area (Å²) >= 11 is 0. The lowest BCUT2D eigenvalue weighted by Gasteiger charge is -2.05. The summed E-state index contributed by atoms with van der Waals surface area (Å²) in [4.78, 5) is 12.2. The zero-order valence-corrected chi connectivity index (χ0v) is 11.6. The van der Waals surface area contributed by atoms with Crippen LogP contribution in [0.2, 0.25) is 0 Å². The second-order valence-corrected chi connectivity index (χ2v) is 4.96. The highest BCUT2D eigenvalue weighted by Gasteiger charge is 2.10. The molecular weight excluding hydrogens is 248 g/mol. The van der Waals surface area contributed by atoms with Gasteiger partial charge in [0.05, 0.1) is 11.3 Å². The highest BCUT2D eigenvalue weighted by molar-refractivity contribution is 5.66. The number of hydrogen-bond donors (Lipinski definition) is 1. The van der Waals surface area contributed by atoms with E-state index in [9.17, 15) is 4.79 Å². The van der Waals surface area contributed by atoms with Gasteiger partial charge in [-0.3, -0.25) is 14.6 Å². The fourth-order valence-electron chi connectivity index (χ4n) is 2.42. The van der Waals surface area contributed by atoms with Gasteiger partial charge in [0.2, 0.25) is 0 Å². The first-order chi connectivity index (χ1) is 9.66. The van der Waals surface area contributed by atoms with E-state index in [1.165, 1.54) is 0 Å². The second kappa shape index (κ2) is 4.85. The van der Waals surface area contributed by atoms with Crippen molar-refractivity contribution in [3.8, 4) is 16.8 Å². The molecule has 0 saturated carbocycles. The van der Waals surface area contributed by atoms with Gasteiger partial charge in [-0.25, -0.2) is 0 Å². The summed E-state index contributed by atoms with van der Waals surface area (Å²) in [5, 5.41) is 2.89. The van der Waals surface area contributed by atoms with E-state index < -0.39 is 0 Å². The van der Waals surface area contributed by atoms with Gasteiger partial charge in [-0.15, -0.1) is 0 Å². The summed E-state index contributed by atoms with van der Waals surface area (Å²) in [5.74, 6) is 0. The fourth-order valence-corrected chi connectivity index (χ4v) is 2.42. The Morgan fingerprint density at radius 3 is 2.20 bits per heavy atom. The second-order valence-electron chi connectivity index (χ2n) is 4.96. The number of H-pyrrole nitrogens is 1. The van der Waals surface area contributed by atoms with E-state index in [2.05, 4.69) is 5.10 Å². The van der Waals surface area contributed by atoms with Crippen LogP contribution in [0.5, 0.6) is 0 Å². The number of aromatic amines is 1. The van der Waals surface area contributed by atoms with Gasteiger partial charge in [0.15, 0.2) is 0 Å². The highest BCUT2D eigenvalue weighted by atomic mass is 16.1. The van der Waals surface area contributed by atoms with Crippen molar-refractivity contribution in [3.63, 3.8) is 0 Å². The molecule has 100 valence electrons. The summed E-state index contributed by atoms with van der Waals surface area (Å²) in [7, 11) is 0. The average molecular weight is 264 g/mol. The Labute approximate surface area is 117 Å². The van der Waals surface area contributed by atoms with E-state index in [1.807, 2.05) is 68.6 Å². The molecule has 3 nitrogen and oxygen atoms in total. The average Bonchev–Trinajstić information content (AvgIpc) is 2.81. The Kier molecular flexibility index (Phi) is 3.03. The van der Waals surface area contributed by atoms with E-state index in [0.29, 0.717) is 5.56 Å². The maximum Gasteiger partial charge on any atom is 0.272 e. The van der Waals surface area contributed by atoms with Gasteiger partial charge < -0.3 is 0 Å². The number of nitrogens with zero attached hydrogens (tertiary/aromatic N) is 1. The highest BCUT2D eigenvalue weighted by Crippen LogP contribution is 2.21. The lowest BCUT2D eigenvalue weighted by molar-refractivity contribution is 0.857. The normalized spacial score (nSPS) is 10.7. The minimum Gasteiger partial charge on any atom is -0.267 e. The molecule has 1 N–H and O–H groups in total. The van der Waals surface area contributed by atoms with Crippen molar-refractivity contribution in [2.45, 2.75) is 13.8 Å². The number of rotatable bonds is 2. The maximum absolute atomic E-state index is 12.2. The van der Waals surface area contributed by atoms with Crippen LogP contribution in [-0.4, -0.2) is 9.78 Å². The Morgan fingerprint density at radius 2 is 1.50 bits per heavy atom. The smallest absolute Gasteiger partial charge is 0.267 e. The van der Waals surface area contributed by atoms with Crippen LogP contribution in [0.3, 0.4) is 0 Å². The number of aromatic nitrogens is 2. The Balaban J connectivity index is 2.16. The standard InChI is InChI=1S/C17H16N2O/c1-12-7-3-5-9-14(12)15-11-19(18-17(15)20)16-10-6-4-8-13(16)2/h3-11H,1-2H3,(H,18,20). The predicted octanol–water partition coefficient (Wildman–Crippen LogP) is 3.45. The molecule has 0 aliphatic rings. The molecule has 0 spiro atoms. The molecule has 0 unspecified atom stereocenters. The van der Waals surface area contributed by atoms with Crippen molar-refractivity contribution in [2.24, 2.45) is 0 Å². The largest absolute Gasteiger partial charge is 0.272 e. The topological polar surface area (TPSA) is 37.8 Å². The van der Waals surface area contributed by atoms with Crippen molar-refractivity contribution in [1.29, 1.82) is 0 Å². The van der Waals surface area contributed by atoms with Crippen LogP contribution in [-0.2, 0) is 0 Å². The molecule has 20 heavy (non-hydrogen) atoms. The Morgan fingerprint density at radius 1 is 0.850 bits per heavy atom. The first-order valence-corrected chi connectivity index (χ1v) is 6.60. The van der Waals surface area contributed by atoms with Crippen molar-refractivity contribution in [3.05, 3.63) is 76.2 Å². The van der Waals surface area contributed by atoms with Crippen LogP contribution in [0, 0.1) is 13.8 Å². The number of nitrogens with one attached hydrogen (secondary N) is 1. The van der Waals surface area contributed by atoms with Gasteiger partial charge >= 0.3 is 0 Å². The zero-order chi connectivity index (χ0) is 14.1. The minimum atomic E-state index is -0.0671. The molecule has 0 aliphatic heterocycles. The molecule has 3 rings (SSSR count). The third-order valence-corrected chi connectivity index (χ3v) is 3.54. The SMILES string of the molecule is Cc1ccccc1-c1cn(-c2ccccc2C)[nH]c1=O. The molecule has 1 heterocycles. The molecule has 2 aromatic carbocycles. The van der Waals surface area contributed by atoms with Crippen molar-refractivity contribution >= 4 is 0 Å². The first kappa shape index (κ1) is 12.5. The molecule has 0 amide bonds. The van der Waals surface area contributed by atoms with E-state index in [4.69, 9.17) is 0 Å². The number of benzene rings is 2. The van der Waals surface area contributed by atoms with Crippen molar-refractivity contribution in [1.82, 2.24) is 9.78 Å². The number of para-hydroxylation sites is 1. The molecule has 0 radical (unpaired) electrons. The van der Waals surface area contributed by atoms with Crippen molar-refractivity contribution in [2.75, 3.05) is 0 Å². The lowest BCUT2D eigenvalue weighted by atomic mass is 10.0. The molecule has 0 bridgehead atoms. The van der Waals surface area contributed by atoms with Gasteiger partial charge in [-0.1, -0.05) is 42.5 Å². The predicted molar refractivity (Wildman–Crippen MR) is 81.3 cm³/mol. The zero-order valence-electron chi connectivity index (χ0n) is 11.6. The van der Waals surface area contributed by atoms with E-state index in [-0.39, 0.29) is 5.56 Å². The summed E-state index contributed by atoms with van der Waals surface area (Å²) < 4.78 is 1.79. The monoisotopic (exact) mass is 264 g/mol. The Hall–Kier alpha value is -2.55. The van der Waals surface area contributed by atoms with Crippen LogP contribution < -0.4 is 5.56 Å². The van der Waals surface area contributed by atoms with E-state index in [1.54, 1.807) is 4.68 Å². The Bertz CT molecular complexity index is 812. The molecule has 3 aromatic rings. The van der Waals surface area contributed by atoms with Gasteiger partial charge in [0, 0.05) is 6.20 Å². The molecule has 0 saturated heterocycles. The van der Waals surface area contributed by atoms with Crippen LogP contribution in [0.4, 0.5) is 0 Å². The lowest BCUT2D eigenvalue weighted by Crippen LogP contribution is -2.06. The maximum atomic E-state index is 12.2. The van der Waals surface area contributed by atoms with Gasteiger partial charge in [-0.05, 0) is 36.6 Å². The summed E-state index contributed by atoms with van der Waals surface area (Å²) in [5.41, 5.74) is 4.81. The minimum absolute atomic E-state index is 0.0671. The molecule has 1 aromatic heterocycles. The van der Waals surface area contributed by atoms with Crippen LogP contribution in [0.1, 0.15) is 11.1 Å². The summed E-state index contributed by atoms with van der Waals surface area (Å²) in [6, 6.07) is 15.9. The first-order valence-electron chi connectivity index (χ1n) is 6.60. The van der Waals surface area contributed by atoms with E-state index in [0.717, 1.165) is 22.4 Å². The van der Waals surface area contributed by atoms with Gasteiger partial charge in [-0.2, -0.15) is 0 Å². The third kappa shape index (κ3) is 2.07.